The summed E-state index contributed by atoms with van der Waals surface area (Å²) >= 11 is 0. The van der Waals surface area contributed by atoms with Crippen molar-refractivity contribution in [1.82, 2.24) is 4.90 Å². The number of para-hydroxylation sites is 1. The van der Waals surface area contributed by atoms with Crippen molar-refractivity contribution in [3.63, 3.8) is 0 Å². The van der Waals surface area contributed by atoms with Crippen LogP contribution in [-0.4, -0.2) is 57.7 Å². The summed E-state index contributed by atoms with van der Waals surface area (Å²) in [5.74, 6) is 1.02. The second-order valence-electron chi connectivity index (χ2n) is 7.03. The van der Waals surface area contributed by atoms with E-state index in [0.29, 0.717) is 40.5 Å². The van der Waals surface area contributed by atoms with Crippen LogP contribution in [0.4, 0.5) is 0 Å². The maximum atomic E-state index is 13.0. The lowest BCUT2D eigenvalue weighted by Gasteiger charge is -2.19. The standard InChI is InChI=1S/C23H25NO7S/c1-24(22(26)14-12-17(28-2)20(30-4)18(13-14)29-3)10-11-32(5)21-19(25)15-8-6-7-9-16(15)31-23(21)27/h6-9,12-13H,10-11H2,1-5H3. The van der Waals surface area contributed by atoms with Gasteiger partial charge in [-0.25, -0.2) is 4.79 Å². The third-order valence-corrected chi connectivity index (χ3v) is 6.91. The van der Waals surface area contributed by atoms with Crippen LogP contribution < -0.4 is 24.9 Å². The first-order valence-corrected chi connectivity index (χ1v) is 11.5. The molecule has 1 unspecified atom stereocenters. The quantitative estimate of drug-likeness (QED) is 0.376. The van der Waals surface area contributed by atoms with E-state index >= 15 is 0 Å². The van der Waals surface area contributed by atoms with E-state index in [4.69, 9.17) is 18.6 Å². The predicted molar refractivity (Wildman–Crippen MR) is 121 cm³/mol. The molecular formula is C23H25NO7S. The minimum Gasteiger partial charge on any atom is -0.868 e. The van der Waals surface area contributed by atoms with Crippen LogP contribution >= 0.6 is 0 Å². The average Bonchev–Trinajstić information content (AvgIpc) is 2.80. The van der Waals surface area contributed by atoms with Gasteiger partial charge in [-0.1, -0.05) is 18.2 Å². The molecule has 3 rings (SSSR count). The Hall–Kier alpha value is -3.33. The first-order chi connectivity index (χ1) is 15.3. The van der Waals surface area contributed by atoms with Crippen LogP contribution in [0.25, 0.3) is 11.0 Å². The number of fused-ring (bicyclic) bond motifs is 1. The molecule has 8 nitrogen and oxygen atoms in total. The van der Waals surface area contributed by atoms with Gasteiger partial charge in [0.05, 0.1) is 27.9 Å². The Kier molecular flexibility index (Phi) is 7.19. The average molecular weight is 460 g/mol. The topological polar surface area (TPSA) is 101 Å². The van der Waals surface area contributed by atoms with Crippen molar-refractivity contribution in [3.05, 3.63) is 52.4 Å². The number of methoxy groups -OCH3 is 3. The van der Waals surface area contributed by atoms with E-state index in [1.165, 1.54) is 26.2 Å². The summed E-state index contributed by atoms with van der Waals surface area (Å²) in [6, 6.07) is 9.84. The van der Waals surface area contributed by atoms with E-state index in [1.54, 1.807) is 49.7 Å². The molecule has 32 heavy (non-hydrogen) atoms. The third-order valence-electron chi connectivity index (χ3n) is 5.07. The summed E-state index contributed by atoms with van der Waals surface area (Å²) in [6.45, 7) is 0.334. The number of rotatable bonds is 8. The molecule has 0 aliphatic rings. The molecule has 170 valence electrons. The van der Waals surface area contributed by atoms with E-state index < -0.39 is 16.5 Å². The van der Waals surface area contributed by atoms with Crippen molar-refractivity contribution in [2.24, 2.45) is 0 Å². The molecule has 0 spiro atoms. The lowest BCUT2D eigenvalue weighted by Crippen LogP contribution is -2.32. The Balaban J connectivity index is 1.79. The lowest BCUT2D eigenvalue weighted by molar-refractivity contribution is -0.270. The fourth-order valence-corrected chi connectivity index (χ4v) is 4.81. The Morgan fingerprint density at radius 2 is 1.72 bits per heavy atom. The van der Waals surface area contributed by atoms with Gasteiger partial charge < -0.3 is 28.6 Å². The van der Waals surface area contributed by atoms with E-state index in [0.717, 1.165) is 0 Å². The fraction of sp³-hybridized carbons (Fsp3) is 0.304. The van der Waals surface area contributed by atoms with E-state index in [-0.39, 0.29) is 22.1 Å². The van der Waals surface area contributed by atoms with Crippen LogP contribution in [0, 0.1) is 0 Å². The normalized spacial score (nSPS) is 11.8. The highest BCUT2D eigenvalue weighted by Gasteiger charge is 2.26. The number of nitrogens with zero attached hydrogens (tertiary/aromatic N) is 1. The summed E-state index contributed by atoms with van der Waals surface area (Å²) in [7, 11) is 5.40. The molecule has 2 aromatic carbocycles. The zero-order valence-corrected chi connectivity index (χ0v) is 19.4. The summed E-state index contributed by atoms with van der Waals surface area (Å²) in [4.78, 5) is 27.0. The van der Waals surface area contributed by atoms with Gasteiger partial charge in [-0.3, -0.25) is 4.79 Å². The van der Waals surface area contributed by atoms with E-state index in [2.05, 4.69) is 0 Å². The Morgan fingerprint density at radius 1 is 1.09 bits per heavy atom. The molecule has 3 aromatic rings. The second-order valence-corrected chi connectivity index (χ2v) is 9.12. The molecule has 0 N–H and O–H groups in total. The van der Waals surface area contributed by atoms with Gasteiger partial charge in [-0.15, -0.1) is 0 Å². The van der Waals surface area contributed by atoms with Crippen LogP contribution in [0.3, 0.4) is 0 Å². The number of carbonyl (C=O) groups is 1. The summed E-state index contributed by atoms with van der Waals surface area (Å²) in [6.07, 6.45) is 1.81. The van der Waals surface area contributed by atoms with Crippen molar-refractivity contribution in [2.45, 2.75) is 4.90 Å². The van der Waals surface area contributed by atoms with Crippen molar-refractivity contribution < 1.29 is 28.5 Å². The molecule has 1 heterocycles. The van der Waals surface area contributed by atoms with Crippen molar-refractivity contribution in [3.8, 4) is 23.0 Å². The molecule has 0 aliphatic heterocycles. The number of hydrogen-bond donors (Lipinski definition) is 0. The Morgan fingerprint density at radius 3 is 2.31 bits per heavy atom. The third kappa shape index (κ3) is 4.47. The maximum absolute atomic E-state index is 13.0. The fourth-order valence-electron chi connectivity index (χ4n) is 3.31. The smallest absolute Gasteiger partial charge is 0.391 e. The van der Waals surface area contributed by atoms with E-state index in [9.17, 15) is 14.7 Å². The van der Waals surface area contributed by atoms with Gasteiger partial charge in [0.15, 0.2) is 11.5 Å². The van der Waals surface area contributed by atoms with Crippen LogP contribution in [0.5, 0.6) is 23.0 Å². The largest absolute Gasteiger partial charge is 0.868 e. The van der Waals surface area contributed by atoms with Crippen LogP contribution in [0.15, 0.2) is 50.5 Å². The molecule has 0 aliphatic carbocycles. The van der Waals surface area contributed by atoms with Crippen LogP contribution in [0.2, 0.25) is 0 Å². The van der Waals surface area contributed by atoms with Gasteiger partial charge in [0, 0.05) is 28.9 Å². The van der Waals surface area contributed by atoms with Gasteiger partial charge in [0.25, 0.3) is 5.91 Å². The SMILES string of the molecule is COc1cc(C(=O)N(C)CC[S+](C)c2c([O-])c3ccccc3oc2=O)cc(OC)c1OC. The monoisotopic (exact) mass is 459 g/mol. The van der Waals surface area contributed by atoms with E-state index in [1.807, 2.05) is 0 Å². The summed E-state index contributed by atoms with van der Waals surface area (Å²) in [5, 5.41) is 13.2. The first kappa shape index (κ1) is 23.3. The number of ether oxygens (including phenoxy) is 3. The van der Waals surface area contributed by atoms with Gasteiger partial charge in [0.2, 0.25) is 10.6 Å². The molecule has 0 saturated heterocycles. The highest BCUT2D eigenvalue weighted by Crippen LogP contribution is 2.38. The number of benzene rings is 2. The summed E-state index contributed by atoms with van der Waals surface area (Å²) in [5.41, 5.74) is 0.0174. The van der Waals surface area contributed by atoms with Gasteiger partial charge in [-0.2, -0.15) is 0 Å². The zero-order valence-electron chi connectivity index (χ0n) is 18.6. The molecule has 1 aromatic heterocycles. The van der Waals surface area contributed by atoms with Crippen molar-refractivity contribution in [1.29, 1.82) is 0 Å². The number of hydrogen-bond acceptors (Lipinski definition) is 7. The van der Waals surface area contributed by atoms with Crippen molar-refractivity contribution >= 4 is 27.8 Å². The number of amides is 1. The highest BCUT2D eigenvalue weighted by atomic mass is 32.2. The first-order valence-electron chi connectivity index (χ1n) is 9.73. The molecule has 1 atom stereocenters. The summed E-state index contributed by atoms with van der Waals surface area (Å²) < 4.78 is 21.2. The molecule has 0 saturated carbocycles. The molecule has 0 bridgehead atoms. The lowest BCUT2D eigenvalue weighted by atomic mass is 10.1. The second kappa shape index (κ2) is 9.86. The maximum Gasteiger partial charge on any atom is 0.391 e. The molecule has 0 fully saturated rings. The van der Waals surface area contributed by atoms with Crippen LogP contribution in [-0.2, 0) is 10.9 Å². The van der Waals surface area contributed by atoms with Gasteiger partial charge in [-0.05, 0) is 23.9 Å². The minimum atomic E-state index is -0.705. The van der Waals surface area contributed by atoms with Crippen LogP contribution in [0.1, 0.15) is 10.4 Å². The zero-order chi connectivity index (χ0) is 23.4. The van der Waals surface area contributed by atoms with Gasteiger partial charge in [0.1, 0.15) is 17.6 Å². The molecule has 9 heteroatoms. The number of carbonyl (C=O) groups excluding carboxylic acids is 1. The Labute approximate surface area is 188 Å². The molecule has 0 radical (unpaired) electrons. The van der Waals surface area contributed by atoms with Gasteiger partial charge >= 0.3 is 5.63 Å². The highest BCUT2D eigenvalue weighted by molar-refractivity contribution is 7.96. The molecular weight excluding hydrogens is 434 g/mol. The van der Waals surface area contributed by atoms with Crippen molar-refractivity contribution in [2.75, 3.05) is 46.9 Å². The predicted octanol–water partition coefficient (Wildman–Crippen LogP) is 2.27. The molecule has 1 amide bonds. The minimum absolute atomic E-state index is 0.123. The Bertz CT molecular complexity index is 1170.